The third-order valence-corrected chi connectivity index (χ3v) is 3.66. The Hall–Kier alpha value is -1.42. The van der Waals surface area contributed by atoms with Gasteiger partial charge in [-0.3, -0.25) is 4.98 Å². The molecular formula is C14H14BrN3. The first-order valence-corrected chi connectivity index (χ1v) is 6.80. The summed E-state index contributed by atoms with van der Waals surface area (Å²) in [4.78, 5) is 9.07. The topological polar surface area (TPSA) is 30.7 Å². The Morgan fingerprint density at radius 1 is 1.22 bits per heavy atom. The van der Waals surface area contributed by atoms with Crippen LogP contribution in [-0.2, 0) is 0 Å². The molecule has 3 rings (SSSR count). The van der Waals surface area contributed by atoms with Crippen LogP contribution < -0.4 is 0 Å². The molecule has 0 aliphatic rings. The fourth-order valence-electron chi connectivity index (χ4n) is 2.50. The lowest BCUT2D eigenvalue weighted by molar-refractivity contribution is 0.601. The van der Waals surface area contributed by atoms with E-state index in [1.54, 1.807) is 0 Å². The molecule has 0 aliphatic carbocycles. The van der Waals surface area contributed by atoms with Crippen LogP contribution in [0.5, 0.6) is 0 Å². The summed E-state index contributed by atoms with van der Waals surface area (Å²) in [6.45, 7) is 6.40. The molecule has 0 N–H and O–H groups in total. The van der Waals surface area contributed by atoms with Crippen LogP contribution in [0.3, 0.4) is 0 Å². The van der Waals surface area contributed by atoms with Crippen molar-refractivity contribution in [2.45, 2.75) is 26.8 Å². The van der Waals surface area contributed by atoms with Crippen LogP contribution in [0.4, 0.5) is 0 Å². The first kappa shape index (κ1) is 11.7. The first-order valence-electron chi connectivity index (χ1n) is 6.00. The van der Waals surface area contributed by atoms with Gasteiger partial charge in [0.2, 0.25) is 0 Å². The Kier molecular flexibility index (Phi) is 2.63. The number of rotatable bonds is 1. The fraction of sp³-hybridized carbons (Fsp3) is 0.286. The highest BCUT2D eigenvalue weighted by atomic mass is 79.9. The van der Waals surface area contributed by atoms with E-state index in [-0.39, 0.29) is 0 Å². The van der Waals surface area contributed by atoms with Crippen LogP contribution in [0.25, 0.3) is 21.9 Å². The summed E-state index contributed by atoms with van der Waals surface area (Å²) in [6.07, 6.45) is 1.86. The molecule has 2 heterocycles. The maximum absolute atomic E-state index is 4.60. The number of pyridine rings is 1. The molecule has 0 amide bonds. The predicted octanol–water partition coefficient (Wildman–Crippen LogP) is 4.24. The van der Waals surface area contributed by atoms with E-state index >= 15 is 0 Å². The number of aryl methyl sites for hydroxylation is 1. The second-order valence-corrected chi connectivity index (χ2v) is 5.69. The number of imidazole rings is 1. The molecule has 0 saturated heterocycles. The van der Waals surface area contributed by atoms with Crippen LogP contribution in [0.15, 0.2) is 28.9 Å². The molecule has 92 valence electrons. The Balaban J connectivity index is 2.55. The molecule has 1 aromatic carbocycles. The molecular weight excluding hydrogens is 290 g/mol. The minimum absolute atomic E-state index is 0.389. The van der Waals surface area contributed by atoms with Crippen LogP contribution in [0.1, 0.15) is 25.7 Å². The van der Waals surface area contributed by atoms with Gasteiger partial charge in [-0.1, -0.05) is 15.9 Å². The molecule has 4 heteroatoms. The lowest BCUT2D eigenvalue weighted by Crippen LogP contribution is -2.03. The number of benzene rings is 1. The van der Waals surface area contributed by atoms with Gasteiger partial charge in [-0.05, 0) is 39.0 Å². The van der Waals surface area contributed by atoms with Gasteiger partial charge in [0.05, 0.1) is 17.2 Å². The van der Waals surface area contributed by atoms with Gasteiger partial charge in [-0.15, -0.1) is 0 Å². The van der Waals surface area contributed by atoms with Gasteiger partial charge in [0.1, 0.15) is 11.3 Å². The Labute approximate surface area is 114 Å². The number of fused-ring (bicyclic) bond motifs is 3. The van der Waals surface area contributed by atoms with E-state index in [4.69, 9.17) is 0 Å². The molecule has 0 fully saturated rings. The second-order valence-electron chi connectivity index (χ2n) is 4.78. The standard InChI is InChI=1S/C14H14BrN3/c1-8(2)18-9(3)17-13-7-16-12-5-4-10(15)6-11(12)14(13)18/h4-8H,1-3H3. The van der Waals surface area contributed by atoms with E-state index in [0.717, 1.165) is 26.7 Å². The Bertz CT molecular complexity index is 743. The smallest absolute Gasteiger partial charge is 0.108 e. The molecule has 3 aromatic rings. The van der Waals surface area contributed by atoms with Crippen LogP contribution in [-0.4, -0.2) is 14.5 Å². The van der Waals surface area contributed by atoms with Crippen LogP contribution >= 0.6 is 15.9 Å². The van der Waals surface area contributed by atoms with Crippen molar-refractivity contribution in [2.75, 3.05) is 0 Å². The molecule has 0 unspecified atom stereocenters. The van der Waals surface area contributed by atoms with Gasteiger partial charge in [0.25, 0.3) is 0 Å². The average Bonchev–Trinajstić information content (AvgIpc) is 2.65. The van der Waals surface area contributed by atoms with Gasteiger partial charge in [0.15, 0.2) is 0 Å². The van der Waals surface area contributed by atoms with E-state index < -0.39 is 0 Å². The monoisotopic (exact) mass is 303 g/mol. The zero-order valence-electron chi connectivity index (χ0n) is 10.6. The molecule has 0 saturated carbocycles. The molecule has 2 aromatic heterocycles. The van der Waals surface area contributed by atoms with E-state index in [1.807, 2.05) is 25.3 Å². The fourth-order valence-corrected chi connectivity index (χ4v) is 2.86. The van der Waals surface area contributed by atoms with Gasteiger partial charge in [-0.2, -0.15) is 0 Å². The maximum atomic E-state index is 4.60. The van der Waals surface area contributed by atoms with Crippen LogP contribution in [0, 0.1) is 6.92 Å². The van der Waals surface area contributed by atoms with Crippen molar-refractivity contribution in [3.05, 3.63) is 34.7 Å². The molecule has 0 radical (unpaired) electrons. The SMILES string of the molecule is Cc1nc2cnc3ccc(Br)cc3c2n1C(C)C. The number of halogens is 1. The summed E-state index contributed by atoms with van der Waals surface area (Å²) in [5.74, 6) is 1.04. The average molecular weight is 304 g/mol. The molecule has 18 heavy (non-hydrogen) atoms. The van der Waals surface area contributed by atoms with Crippen molar-refractivity contribution in [1.29, 1.82) is 0 Å². The van der Waals surface area contributed by atoms with Crippen molar-refractivity contribution in [1.82, 2.24) is 14.5 Å². The quantitative estimate of drug-likeness (QED) is 0.673. The minimum Gasteiger partial charge on any atom is -0.325 e. The van der Waals surface area contributed by atoms with E-state index in [2.05, 4.69) is 50.4 Å². The third-order valence-electron chi connectivity index (χ3n) is 3.17. The highest BCUT2D eigenvalue weighted by Gasteiger charge is 2.13. The van der Waals surface area contributed by atoms with Crippen molar-refractivity contribution in [3.63, 3.8) is 0 Å². The summed E-state index contributed by atoms with van der Waals surface area (Å²) >= 11 is 3.53. The molecule has 0 atom stereocenters. The molecule has 0 aliphatic heterocycles. The van der Waals surface area contributed by atoms with Gasteiger partial charge in [-0.25, -0.2) is 4.98 Å². The Morgan fingerprint density at radius 2 is 2.00 bits per heavy atom. The van der Waals surface area contributed by atoms with Crippen molar-refractivity contribution < 1.29 is 0 Å². The van der Waals surface area contributed by atoms with Crippen molar-refractivity contribution >= 4 is 37.9 Å². The molecule has 0 spiro atoms. The summed E-state index contributed by atoms with van der Waals surface area (Å²) in [5, 5.41) is 1.15. The zero-order chi connectivity index (χ0) is 12.9. The minimum atomic E-state index is 0.389. The summed E-state index contributed by atoms with van der Waals surface area (Å²) in [7, 11) is 0. The lowest BCUT2D eigenvalue weighted by atomic mass is 10.2. The molecule has 3 nitrogen and oxygen atoms in total. The van der Waals surface area contributed by atoms with Gasteiger partial charge < -0.3 is 4.57 Å². The Morgan fingerprint density at radius 3 is 2.72 bits per heavy atom. The maximum Gasteiger partial charge on any atom is 0.108 e. The normalized spacial score (nSPS) is 11.8. The summed E-state index contributed by atoms with van der Waals surface area (Å²) < 4.78 is 3.34. The highest BCUT2D eigenvalue weighted by Crippen LogP contribution is 2.29. The lowest BCUT2D eigenvalue weighted by Gasteiger charge is -2.12. The number of nitrogens with zero attached hydrogens (tertiary/aromatic N) is 3. The second kappa shape index (κ2) is 4.05. The van der Waals surface area contributed by atoms with E-state index in [0.29, 0.717) is 6.04 Å². The van der Waals surface area contributed by atoms with E-state index in [1.165, 1.54) is 5.52 Å². The molecule has 0 bridgehead atoms. The first-order chi connectivity index (χ1) is 8.58. The third kappa shape index (κ3) is 1.63. The largest absolute Gasteiger partial charge is 0.325 e. The summed E-state index contributed by atoms with van der Waals surface area (Å²) in [5.41, 5.74) is 3.15. The predicted molar refractivity (Wildman–Crippen MR) is 77.9 cm³/mol. The van der Waals surface area contributed by atoms with Crippen LogP contribution in [0.2, 0.25) is 0 Å². The summed E-state index contributed by atoms with van der Waals surface area (Å²) in [6, 6.07) is 6.56. The van der Waals surface area contributed by atoms with Crippen molar-refractivity contribution in [3.8, 4) is 0 Å². The zero-order valence-corrected chi connectivity index (χ0v) is 12.2. The van der Waals surface area contributed by atoms with Gasteiger partial charge in [0, 0.05) is 15.9 Å². The number of aromatic nitrogens is 3. The van der Waals surface area contributed by atoms with Crippen molar-refractivity contribution in [2.24, 2.45) is 0 Å². The highest BCUT2D eigenvalue weighted by molar-refractivity contribution is 9.10. The number of hydrogen-bond acceptors (Lipinski definition) is 2. The number of hydrogen-bond donors (Lipinski definition) is 0. The van der Waals surface area contributed by atoms with Gasteiger partial charge >= 0.3 is 0 Å². The van der Waals surface area contributed by atoms with E-state index in [9.17, 15) is 0 Å².